The van der Waals surface area contributed by atoms with E-state index in [1.165, 1.54) is 7.11 Å². The average Bonchev–Trinajstić information content (AvgIpc) is 3.44. The molecule has 0 saturated heterocycles. The van der Waals surface area contributed by atoms with Crippen LogP contribution in [0, 0.1) is 0 Å². The monoisotopic (exact) mass is 348 g/mol. The summed E-state index contributed by atoms with van der Waals surface area (Å²) < 4.78 is 18.4. The van der Waals surface area contributed by atoms with Crippen LogP contribution in [0.1, 0.15) is 43.2 Å². The zero-order chi connectivity index (χ0) is 18.6. The van der Waals surface area contributed by atoms with E-state index in [9.17, 15) is 9.18 Å². The van der Waals surface area contributed by atoms with Crippen LogP contribution in [0.4, 0.5) is 15.8 Å². The second-order valence-corrected chi connectivity index (χ2v) is 6.03. The summed E-state index contributed by atoms with van der Waals surface area (Å²) >= 11 is 0. The summed E-state index contributed by atoms with van der Waals surface area (Å²) in [5.74, 6) is -1.06. The number of benzene rings is 1. The molecule has 136 valence electrons. The summed E-state index contributed by atoms with van der Waals surface area (Å²) in [7, 11) is 1.26. The van der Waals surface area contributed by atoms with E-state index in [1.807, 2.05) is 6.07 Å². The summed E-state index contributed by atoms with van der Waals surface area (Å²) in [6.45, 7) is 2.00. The zero-order valence-corrected chi connectivity index (χ0v) is 14.6. The minimum atomic E-state index is -0.781. The third-order valence-electron chi connectivity index (χ3n) is 4.30. The number of hydrogen-bond acceptors (Lipinski definition) is 5. The number of hydrogen-bond donors (Lipinski definition) is 4. The van der Waals surface area contributed by atoms with Crippen LogP contribution >= 0.6 is 0 Å². The van der Waals surface area contributed by atoms with Crippen molar-refractivity contribution in [2.45, 2.75) is 38.6 Å². The Bertz CT molecular complexity index is 724. The van der Waals surface area contributed by atoms with Gasteiger partial charge in [-0.25, -0.2) is 4.39 Å². The largest absolute Gasteiger partial charge is 0.481 e. The molecule has 1 aliphatic rings. The number of carbonyl (C=O) groups is 1. The Labute approximate surface area is 146 Å². The smallest absolute Gasteiger partial charge is 0.247 e. The third kappa shape index (κ3) is 4.43. The van der Waals surface area contributed by atoms with Gasteiger partial charge in [-0.05, 0) is 48.4 Å². The van der Waals surface area contributed by atoms with Crippen LogP contribution in [-0.4, -0.2) is 13.0 Å². The first-order valence-corrected chi connectivity index (χ1v) is 8.23. The fourth-order valence-electron chi connectivity index (χ4n) is 2.61. The summed E-state index contributed by atoms with van der Waals surface area (Å²) in [6, 6.07) is 3.75. The molecule has 0 heterocycles. The lowest BCUT2D eigenvalue weighted by Gasteiger charge is -2.15. The van der Waals surface area contributed by atoms with E-state index in [2.05, 4.69) is 10.1 Å². The lowest BCUT2D eigenvalue weighted by atomic mass is 10.00. The Hall–Kier alpha value is -2.70. The molecule has 0 atom stereocenters. The van der Waals surface area contributed by atoms with Gasteiger partial charge in [0, 0.05) is 12.1 Å². The molecule has 0 aromatic heterocycles. The Kier molecular flexibility index (Phi) is 5.90. The van der Waals surface area contributed by atoms with Crippen LogP contribution < -0.4 is 22.5 Å². The molecule has 1 aromatic carbocycles. The van der Waals surface area contributed by atoms with Crippen molar-refractivity contribution >= 4 is 17.3 Å². The van der Waals surface area contributed by atoms with E-state index >= 15 is 0 Å². The molecule has 0 unspecified atom stereocenters. The molecule has 6 nitrogen and oxygen atoms in total. The van der Waals surface area contributed by atoms with Gasteiger partial charge in [-0.15, -0.1) is 0 Å². The first kappa shape index (κ1) is 18.6. The maximum atomic E-state index is 13.8. The molecule has 7 heteroatoms. The minimum absolute atomic E-state index is 0.240. The predicted molar refractivity (Wildman–Crippen MR) is 96.8 cm³/mol. The van der Waals surface area contributed by atoms with Crippen molar-refractivity contribution in [1.82, 2.24) is 5.32 Å². The SMILES string of the molecule is CC/C(=C\C(F)=C(/N)OC)C(=O)NCc1c(C2CC2)ccc(N)c1N. The summed E-state index contributed by atoms with van der Waals surface area (Å²) in [5.41, 5.74) is 20.5. The Morgan fingerprint density at radius 3 is 2.64 bits per heavy atom. The average molecular weight is 348 g/mol. The van der Waals surface area contributed by atoms with E-state index < -0.39 is 5.83 Å². The van der Waals surface area contributed by atoms with Gasteiger partial charge in [-0.2, -0.15) is 0 Å². The van der Waals surface area contributed by atoms with E-state index in [0.717, 1.165) is 30.0 Å². The maximum Gasteiger partial charge on any atom is 0.247 e. The Balaban J connectivity index is 2.16. The number of rotatable bonds is 7. The molecule has 1 fully saturated rings. The van der Waals surface area contributed by atoms with Crippen molar-refractivity contribution in [3.8, 4) is 0 Å². The van der Waals surface area contributed by atoms with E-state index in [0.29, 0.717) is 23.7 Å². The van der Waals surface area contributed by atoms with Crippen LogP contribution in [0.2, 0.25) is 0 Å². The number of nitrogen functional groups attached to an aromatic ring is 2. The molecular weight excluding hydrogens is 323 g/mol. The number of allylic oxidation sites excluding steroid dienone is 2. The highest BCUT2D eigenvalue weighted by Crippen LogP contribution is 2.43. The predicted octanol–water partition coefficient (Wildman–Crippen LogP) is 2.42. The van der Waals surface area contributed by atoms with Crippen molar-refractivity contribution < 1.29 is 13.9 Å². The standard InChI is InChI=1S/C18H25FN4O2/c1-3-10(8-14(19)17(22)25-2)18(24)23-9-13-12(11-4-5-11)6-7-15(20)16(13)21/h6-8,11H,3-5,9,20-22H2,1-2H3,(H,23,24)/b10-8+,17-14-. The normalized spacial score (nSPS) is 15.6. The minimum Gasteiger partial charge on any atom is -0.481 e. The summed E-state index contributed by atoms with van der Waals surface area (Å²) in [5, 5.41) is 2.79. The second kappa shape index (κ2) is 7.92. The molecule has 1 aromatic rings. The summed E-state index contributed by atoms with van der Waals surface area (Å²) in [6.07, 6.45) is 3.64. The van der Waals surface area contributed by atoms with Gasteiger partial charge >= 0.3 is 0 Å². The molecule has 0 radical (unpaired) electrons. The van der Waals surface area contributed by atoms with E-state index in [-0.39, 0.29) is 23.9 Å². The number of carbonyl (C=O) groups excluding carboxylic acids is 1. The van der Waals surface area contributed by atoms with E-state index in [4.69, 9.17) is 17.2 Å². The zero-order valence-electron chi connectivity index (χ0n) is 14.6. The fraction of sp³-hybridized carbons (Fsp3) is 0.389. The Morgan fingerprint density at radius 1 is 1.40 bits per heavy atom. The molecule has 1 amide bonds. The van der Waals surface area contributed by atoms with Gasteiger partial charge in [0.05, 0.1) is 18.5 Å². The molecule has 7 N–H and O–H groups in total. The first-order chi connectivity index (χ1) is 11.9. The highest BCUT2D eigenvalue weighted by atomic mass is 19.1. The molecule has 0 aliphatic heterocycles. The first-order valence-electron chi connectivity index (χ1n) is 8.23. The van der Waals surface area contributed by atoms with Gasteiger partial charge in [-0.3, -0.25) is 4.79 Å². The van der Waals surface area contributed by atoms with Crippen LogP contribution in [0.3, 0.4) is 0 Å². The number of nitrogens with one attached hydrogen (secondary N) is 1. The van der Waals surface area contributed by atoms with Crippen LogP contribution in [0.15, 0.2) is 35.5 Å². The van der Waals surface area contributed by atoms with Crippen molar-refractivity contribution in [2.75, 3.05) is 18.6 Å². The fourth-order valence-corrected chi connectivity index (χ4v) is 2.61. The lowest BCUT2D eigenvalue weighted by Crippen LogP contribution is -2.25. The van der Waals surface area contributed by atoms with Gasteiger partial charge < -0.3 is 27.3 Å². The molecule has 1 saturated carbocycles. The molecular formula is C18H25FN4O2. The van der Waals surface area contributed by atoms with Gasteiger partial charge in [0.1, 0.15) is 0 Å². The third-order valence-corrected chi connectivity index (χ3v) is 4.30. The van der Waals surface area contributed by atoms with Gasteiger partial charge in [0.25, 0.3) is 0 Å². The van der Waals surface area contributed by atoms with Crippen LogP contribution in [0.5, 0.6) is 0 Å². The van der Waals surface area contributed by atoms with Crippen molar-refractivity contribution in [2.24, 2.45) is 5.73 Å². The topological polar surface area (TPSA) is 116 Å². The maximum absolute atomic E-state index is 13.8. The van der Waals surface area contributed by atoms with Crippen molar-refractivity contribution in [1.29, 1.82) is 0 Å². The quantitative estimate of drug-likeness (QED) is 0.261. The lowest BCUT2D eigenvalue weighted by molar-refractivity contribution is -0.117. The van der Waals surface area contributed by atoms with Gasteiger partial charge in [0.15, 0.2) is 5.83 Å². The number of amides is 1. The molecule has 25 heavy (non-hydrogen) atoms. The highest BCUT2D eigenvalue weighted by Gasteiger charge is 2.27. The molecule has 1 aliphatic carbocycles. The highest BCUT2D eigenvalue weighted by molar-refractivity contribution is 5.93. The second-order valence-electron chi connectivity index (χ2n) is 6.03. The van der Waals surface area contributed by atoms with Crippen LogP contribution in [0.25, 0.3) is 0 Å². The number of ether oxygens (including phenoxy) is 1. The number of anilines is 2. The van der Waals surface area contributed by atoms with Gasteiger partial charge in [-0.1, -0.05) is 13.0 Å². The number of halogens is 1. The molecule has 0 spiro atoms. The summed E-state index contributed by atoms with van der Waals surface area (Å²) in [4.78, 5) is 12.4. The number of methoxy groups -OCH3 is 1. The Morgan fingerprint density at radius 2 is 2.08 bits per heavy atom. The van der Waals surface area contributed by atoms with Crippen LogP contribution in [-0.2, 0) is 16.1 Å². The van der Waals surface area contributed by atoms with Crippen molar-refractivity contribution in [3.63, 3.8) is 0 Å². The van der Waals surface area contributed by atoms with Crippen molar-refractivity contribution in [3.05, 3.63) is 46.6 Å². The number of nitrogens with two attached hydrogens (primary N) is 3. The van der Waals surface area contributed by atoms with E-state index in [1.54, 1.807) is 13.0 Å². The molecule has 2 rings (SSSR count). The molecule has 0 bridgehead atoms. The van der Waals surface area contributed by atoms with Gasteiger partial charge in [0.2, 0.25) is 11.8 Å².